The van der Waals surface area contributed by atoms with Gasteiger partial charge in [0.25, 0.3) is 0 Å². The normalized spacial score (nSPS) is 16.9. The number of halogens is 2. The highest BCUT2D eigenvalue weighted by Crippen LogP contribution is 2.28. The van der Waals surface area contributed by atoms with Gasteiger partial charge in [-0.25, -0.2) is 0 Å². The Bertz CT molecular complexity index is 347. The van der Waals surface area contributed by atoms with Crippen molar-refractivity contribution in [2.24, 2.45) is 0 Å². The Hall–Kier alpha value is -0.240. The summed E-state index contributed by atoms with van der Waals surface area (Å²) in [7, 11) is 0. The van der Waals surface area contributed by atoms with E-state index in [-0.39, 0.29) is 0 Å². The third-order valence-electron chi connectivity index (χ3n) is 3.16. The fraction of sp³-hybridized carbons (Fsp3) is 0.538. The van der Waals surface area contributed by atoms with Crippen molar-refractivity contribution in [1.82, 2.24) is 4.90 Å². The minimum atomic E-state index is 0.809. The third kappa shape index (κ3) is 2.71. The molecule has 16 heavy (non-hydrogen) atoms. The Labute approximate surface area is 107 Å². The molecule has 1 aliphatic heterocycles. The highest BCUT2D eigenvalue weighted by atomic mass is 35.5. The van der Waals surface area contributed by atoms with Gasteiger partial charge >= 0.3 is 0 Å². The summed E-state index contributed by atoms with van der Waals surface area (Å²) in [6.07, 6.45) is 3.52. The summed E-state index contributed by atoms with van der Waals surface area (Å²) in [4.78, 5) is 2.45. The molecule has 1 saturated heterocycles. The van der Waals surface area contributed by atoms with E-state index in [9.17, 15) is 0 Å². The molecule has 0 aromatic heterocycles. The Morgan fingerprint density at radius 3 is 2.19 bits per heavy atom. The smallest absolute Gasteiger partial charge is 0.0455 e. The van der Waals surface area contributed by atoms with Crippen LogP contribution in [0.4, 0.5) is 0 Å². The van der Waals surface area contributed by atoms with E-state index in [1.807, 2.05) is 0 Å². The maximum atomic E-state index is 6.22. The summed E-state index contributed by atoms with van der Waals surface area (Å²) in [5.74, 6) is 0. The first-order valence-electron chi connectivity index (χ1n) is 5.90. The summed E-state index contributed by atoms with van der Waals surface area (Å²) in [6, 6.07) is 4.12. The summed E-state index contributed by atoms with van der Waals surface area (Å²) >= 11 is 12.4. The topological polar surface area (TPSA) is 3.24 Å². The number of likely N-dealkylation sites (tertiary alicyclic amines) is 1. The Kier molecular flexibility index (Phi) is 4.12. The second-order valence-electron chi connectivity index (χ2n) is 4.37. The van der Waals surface area contributed by atoms with Crippen LogP contribution in [0.5, 0.6) is 0 Å². The van der Waals surface area contributed by atoms with Gasteiger partial charge < -0.3 is 0 Å². The van der Waals surface area contributed by atoms with Crippen LogP contribution in [0, 0.1) is 0 Å². The number of rotatable bonds is 3. The van der Waals surface area contributed by atoms with E-state index in [1.54, 1.807) is 0 Å². The second kappa shape index (κ2) is 5.39. The van der Waals surface area contributed by atoms with Crippen LogP contribution in [0.3, 0.4) is 0 Å². The lowest BCUT2D eigenvalue weighted by atomic mass is 10.1. The molecule has 1 fully saturated rings. The van der Waals surface area contributed by atoms with Crippen molar-refractivity contribution in [3.63, 3.8) is 0 Å². The molecule has 0 bridgehead atoms. The van der Waals surface area contributed by atoms with Crippen LogP contribution in [0.1, 0.15) is 30.9 Å². The molecule has 0 atom stereocenters. The van der Waals surface area contributed by atoms with E-state index in [0.29, 0.717) is 0 Å². The lowest BCUT2D eigenvalue weighted by Gasteiger charge is -2.16. The predicted octanol–water partition coefficient (Wildman–Crippen LogP) is 4.15. The van der Waals surface area contributed by atoms with Gasteiger partial charge in [0.15, 0.2) is 0 Å². The minimum absolute atomic E-state index is 0.809. The van der Waals surface area contributed by atoms with Gasteiger partial charge in [-0.2, -0.15) is 0 Å². The van der Waals surface area contributed by atoms with Gasteiger partial charge in [-0.3, -0.25) is 4.90 Å². The summed E-state index contributed by atoms with van der Waals surface area (Å²) in [5, 5.41) is 1.62. The molecule has 2 rings (SSSR count). The van der Waals surface area contributed by atoms with Crippen LogP contribution in [0.2, 0.25) is 10.0 Å². The Balaban J connectivity index is 2.15. The Morgan fingerprint density at radius 1 is 1.12 bits per heavy atom. The molecule has 0 N–H and O–H groups in total. The molecule has 1 aliphatic rings. The first kappa shape index (κ1) is 12.2. The quantitative estimate of drug-likeness (QED) is 0.787. The molecule has 1 aromatic rings. The molecule has 0 saturated carbocycles. The van der Waals surface area contributed by atoms with Gasteiger partial charge in [-0.05, 0) is 55.6 Å². The largest absolute Gasteiger partial charge is 0.299 e. The zero-order chi connectivity index (χ0) is 11.5. The van der Waals surface area contributed by atoms with Crippen LogP contribution < -0.4 is 0 Å². The number of benzene rings is 1. The average molecular weight is 258 g/mol. The fourth-order valence-electron chi connectivity index (χ4n) is 2.28. The maximum Gasteiger partial charge on any atom is 0.0455 e. The van der Waals surface area contributed by atoms with Crippen molar-refractivity contribution in [3.05, 3.63) is 33.3 Å². The second-order valence-corrected chi connectivity index (χ2v) is 5.19. The predicted molar refractivity (Wildman–Crippen MR) is 70.4 cm³/mol. The number of nitrogens with zero attached hydrogens (tertiary/aromatic N) is 1. The molecule has 0 spiro atoms. The van der Waals surface area contributed by atoms with Gasteiger partial charge in [0.2, 0.25) is 0 Å². The van der Waals surface area contributed by atoms with Crippen molar-refractivity contribution in [1.29, 1.82) is 0 Å². The summed E-state index contributed by atoms with van der Waals surface area (Å²) in [5.41, 5.74) is 2.29. The molecular formula is C13H17Cl2N. The summed E-state index contributed by atoms with van der Waals surface area (Å²) in [6.45, 7) is 5.45. The summed E-state index contributed by atoms with van der Waals surface area (Å²) < 4.78 is 0. The molecule has 88 valence electrons. The van der Waals surface area contributed by atoms with Crippen molar-refractivity contribution in [2.75, 3.05) is 13.1 Å². The van der Waals surface area contributed by atoms with Gasteiger partial charge in [0.05, 0.1) is 0 Å². The fourth-order valence-corrected chi connectivity index (χ4v) is 3.08. The van der Waals surface area contributed by atoms with E-state index in [1.165, 1.54) is 31.5 Å². The lowest BCUT2D eigenvalue weighted by Crippen LogP contribution is -2.18. The van der Waals surface area contributed by atoms with Crippen LogP contribution >= 0.6 is 23.2 Å². The molecule has 3 heteroatoms. The standard InChI is InChI=1S/C13H17Cl2N/c1-2-11-12(14)7-10(8-13(11)15)9-16-5-3-4-6-16/h7-8H,2-6,9H2,1H3. The monoisotopic (exact) mass is 257 g/mol. The zero-order valence-corrected chi connectivity index (χ0v) is 11.1. The Morgan fingerprint density at radius 2 is 1.69 bits per heavy atom. The number of hydrogen-bond acceptors (Lipinski definition) is 1. The third-order valence-corrected chi connectivity index (χ3v) is 3.83. The highest BCUT2D eigenvalue weighted by molar-refractivity contribution is 6.36. The van der Waals surface area contributed by atoms with Gasteiger partial charge in [-0.1, -0.05) is 30.1 Å². The van der Waals surface area contributed by atoms with Crippen molar-refractivity contribution >= 4 is 23.2 Å². The van der Waals surface area contributed by atoms with Crippen LogP contribution in [0.25, 0.3) is 0 Å². The van der Waals surface area contributed by atoms with Crippen LogP contribution in [-0.4, -0.2) is 18.0 Å². The van der Waals surface area contributed by atoms with E-state index in [0.717, 1.165) is 28.6 Å². The average Bonchev–Trinajstić information content (AvgIpc) is 2.70. The van der Waals surface area contributed by atoms with Gasteiger partial charge in [-0.15, -0.1) is 0 Å². The highest BCUT2D eigenvalue weighted by Gasteiger charge is 2.13. The molecule has 0 radical (unpaired) electrons. The maximum absolute atomic E-state index is 6.22. The van der Waals surface area contributed by atoms with E-state index in [2.05, 4.69) is 24.0 Å². The van der Waals surface area contributed by atoms with Gasteiger partial charge in [0.1, 0.15) is 0 Å². The minimum Gasteiger partial charge on any atom is -0.299 e. The van der Waals surface area contributed by atoms with Crippen LogP contribution in [0.15, 0.2) is 12.1 Å². The zero-order valence-electron chi connectivity index (χ0n) is 9.60. The van der Waals surface area contributed by atoms with Crippen molar-refractivity contribution < 1.29 is 0 Å². The molecule has 1 heterocycles. The van der Waals surface area contributed by atoms with E-state index >= 15 is 0 Å². The number of hydrogen-bond donors (Lipinski definition) is 0. The molecular weight excluding hydrogens is 241 g/mol. The molecule has 1 aromatic carbocycles. The van der Waals surface area contributed by atoms with Gasteiger partial charge in [0, 0.05) is 16.6 Å². The van der Waals surface area contributed by atoms with E-state index < -0.39 is 0 Å². The molecule has 0 amide bonds. The van der Waals surface area contributed by atoms with Crippen molar-refractivity contribution in [3.8, 4) is 0 Å². The lowest BCUT2D eigenvalue weighted by molar-refractivity contribution is 0.331. The SMILES string of the molecule is CCc1c(Cl)cc(CN2CCCC2)cc1Cl. The first-order chi connectivity index (χ1) is 7.70. The molecule has 0 unspecified atom stereocenters. The first-order valence-corrected chi connectivity index (χ1v) is 6.65. The molecule has 0 aliphatic carbocycles. The van der Waals surface area contributed by atoms with Crippen molar-refractivity contribution in [2.45, 2.75) is 32.7 Å². The van der Waals surface area contributed by atoms with E-state index in [4.69, 9.17) is 23.2 Å². The van der Waals surface area contributed by atoms with Crippen LogP contribution in [-0.2, 0) is 13.0 Å². The molecule has 1 nitrogen and oxygen atoms in total.